The van der Waals surface area contributed by atoms with E-state index in [4.69, 9.17) is 5.73 Å². The quantitative estimate of drug-likeness (QED) is 0.722. The predicted octanol–water partition coefficient (Wildman–Crippen LogP) is 1.46. The normalized spacial score (nSPS) is 17.4. The van der Waals surface area contributed by atoms with Gasteiger partial charge >= 0.3 is 0 Å². The van der Waals surface area contributed by atoms with Crippen LogP contribution in [-0.4, -0.2) is 52.9 Å². The summed E-state index contributed by atoms with van der Waals surface area (Å²) in [6.45, 7) is 3.18. The number of carbonyl (C=O) groups is 2. The second kappa shape index (κ2) is 9.23. The highest BCUT2D eigenvalue weighted by molar-refractivity contribution is 5.94. The first-order chi connectivity index (χ1) is 13.1. The molecule has 2 aromatic rings. The first-order valence-electron chi connectivity index (χ1n) is 9.29. The van der Waals surface area contributed by atoms with E-state index in [2.05, 4.69) is 20.2 Å². The molecular weight excluding hydrogens is 342 g/mol. The van der Waals surface area contributed by atoms with Crippen LogP contribution in [0.5, 0.6) is 0 Å². The van der Waals surface area contributed by atoms with Gasteiger partial charge in [-0.15, -0.1) is 0 Å². The number of hydrogen-bond donors (Lipinski definition) is 2. The number of nitrogens with zero attached hydrogens (tertiary/aromatic N) is 3. The first kappa shape index (κ1) is 19.0. The zero-order valence-electron chi connectivity index (χ0n) is 15.3. The summed E-state index contributed by atoms with van der Waals surface area (Å²) in [5.41, 5.74) is 7.92. The summed E-state index contributed by atoms with van der Waals surface area (Å²) >= 11 is 0. The van der Waals surface area contributed by atoms with Crippen molar-refractivity contribution in [2.75, 3.05) is 26.2 Å². The van der Waals surface area contributed by atoms with Gasteiger partial charge in [0, 0.05) is 36.6 Å². The summed E-state index contributed by atoms with van der Waals surface area (Å²) in [6.07, 6.45) is 7.70. The van der Waals surface area contributed by atoms with Crippen LogP contribution in [-0.2, 0) is 4.79 Å². The van der Waals surface area contributed by atoms with Crippen LogP contribution in [0.15, 0.2) is 43.0 Å². The van der Waals surface area contributed by atoms with Gasteiger partial charge in [0.25, 0.3) is 5.91 Å². The Hall–Kier alpha value is -2.80. The highest BCUT2D eigenvalue weighted by Crippen LogP contribution is 2.18. The maximum atomic E-state index is 12.3. The summed E-state index contributed by atoms with van der Waals surface area (Å²) in [7, 11) is 0. The number of aromatic nitrogens is 2. The van der Waals surface area contributed by atoms with Crippen molar-refractivity contribution in [2.45, 2.75) is 19.3 Å². The Morgan fingerprint density at radius 1 is 1.15 bits per heavy atom. The number of likely N-dealkylation sites (tertiary alicyclic amines) is 1. The molecule has 0 aliphatic carbocycles. The van der Waals surface area contributed by atoms with Gasteiger partial charge in [0.2, 0.25) is 5.91 Å². The number of amides is 2. The monoisotopic (exact) mass is 367 g/mol. The third-order valence-electron chi connectivity index (χ3n) is 4.89. The Kier molecular flexibility index (Phi) is 6.49. The lowest BCUT2D eigenvalue weighted by molar-refractivity contribution is -0.123. The molecule has 7 nitrogen and oxygen atoms in total. The highest BCUT2D eigenvalue weighted by atomic mass is 16.2. The van der Waals surface area contributed by atoms with E-state index in [1.165, 1.54) is 6.33 Å². The van der Waals surface area contributed by atoms with Crippen LogP contribution in [0.4, 0.5) is 0 Å². The molecule has 3 rings (SSSR count). The molecule has 1 aliphatic rings. The summed E-state index contributed by atoms with van der Waals surface area (Å²) < 4.78 is 0. The van der Waals surface area contributed by atoms with Gasteiger partial charge in [-0.3, -0.25) is 9.59 Å². The minimum atomic E-state index is -0.210. The maximum Gasteiger partial charge on any atom is 0.251 e. The minimum Gasteiger partial charge on any atom is -0.369 e. The topological polar surface area (TPSA) is 101 Å². The summed E-state index contributed by atoms with van der Waals surface area (Å²) in [5.74, 6) is -0.333. The SMILES string of the molecule is NC(=O)C1CCCN(CCCNC(=O)c2ccc(-c3cncnc3)cc2)C1. The molecule has 1 aliphatic heterocycles. The number of carbonyl (C=O) groups excluding carboxylic acids is 2. The van der Waals surface area contributed by atoms with Gasteiger partial charge in [0.1, 0.15) is 6.33 Å². The molecule has 2 amide bonds. The van der Waals surface area contributed by atoms with Crippen LogP contribution < -0.4 is 11.1 Å². The van der Waals surface area contributed by atoms with Crippen molar-refractivity contribution in [3.63, 3.8) is 0 Å². The van der Waals surface area contributed by atoms with E-state index >= 15 is 0 Å². The Bertz CT molecular complexity index is 764. The lowest BCUT2D eigenvalue weighted by Crippen LogP contribution is -2.42. The van der Waals surface area contributed by atoms with Crippen LogP contribution in [0.2, 0.25) is 0 Å². The number of primary amides is 1. The third-order valence-corrected chi connectivity index (χ3v) is 4.89. The molecular formula is C20H25N5O2. The van der Waals surface area contributed by atoms with Crippen molar-refractivity contribution in [1.82, 2.24) is 20.2 Å². The van der Waals surface area contributed by atoms with Crippen LogP contribution >= 0.6 is 0 Å². The third kappa shape index (κ3) is 5.34. The van der Waals surface area contributed by atoms with Crippen molar-refractivity contribution in [3.05, 3.63) is 48.5 Å². The Morgan fingerprint density at radius 2 is 1.89 bits per heavy atom. The highest BCUT2D eigenvalue weighted by Gasteiger charge is 2.23. The van der Waals surface area contributed by atoms with Gasteiger partial charge in [0.05, 0.1) is 5.92 Å². The Labute approximate surface area is 159 Å². The van der Waals surface area contributed by atoms with E-state index in [9.17, 15) is 9.59 Å². The number of benzene rings is 1. The molecule has 3 N–H and O–H groups in total. The van der Waals surface area contributed by atoms with E-state index in [-0.39, 0.29) is 17.7 Å². The van der Waals surface area contributed by atoms with Crippen LogP contribution in [0, 0.1) is 5.92 Å². The van der Waals surface area contributed by atoms with Gasteiger partial charge in [-0.1, -0.05) is 12.1 Å². The molecule has 7 heteroatoms. The number of nitrogens with one attached hydrogen (secondary N) is 1. The van der Waals surface area contributed by atoms with E-state index in [1.807, 2.05) is 12.1 Å². The molecule has 0 radical (unpaired) electrons. The molecule has 1 atom stereocenters. The first-order valence-corrected chi connectivity index (χ1v) is 9.29. The van der Waals surface area contributed by atoms with Crippen molar-refractivity contribution < 1.29 is 9.59 Å². The van der Waals surface area contributed by atoms with Gasteiger partial charge in [-0.2, -0.15) is 0 Å². The lowest BCUT2D eigenvalue weighted by atomic mass is 9.97. The largest absolute Gasteiger partial charge is 0.369 e. The fourth-order valence-electron chi connectivity index (χ4n) is 3.36. The molecule has 2 heterocycles. The zero-order chi connectivity index (χ0) is 19.1. The molecule has 142 valence electrons. The fraction of sp³-hybridized carbons (Fsp3) is 0.400. The molecule has 1 aromatic heterocycles. The Morgan fingerprint density at radius 3 is 2.59 bits per heavy atom. The number of hydrogen-bond acceptors (Lipinski definition) is 5. The Balaban J connectivity index is 1.42. The van der Waals surface area contributed by atoms with Gasteiger partial charge in [0.15, 0.2) is 0 Å². The lowest BCUT2D eigenvalue weighted by Gasteiger charge is -2.31. The van der Waals surface area contributed by atoms with Crippen molar-refractivity contribution in [3.8, 4) is 11.1 Å². The van der Waals surface area contributed by atoms with Gasteiger partial charge in [-0.05, 0) is 50.0 Å². The van der Waals surface area contributed by atoms with Crippen LogP contribution in [0.1, 0.15) is 29.6 Å². The molecule has 1 saturated heterocycles. The molecule has 1 fully saturated rings. The fourth-order valence-corrected chi connectivity index (χ4v) is 3.36. The van der Waals surface area contributed by atoms with E-state index in [0.29, 0.717) is 12.1 Å². The number of rotatable bonds is 7. The van der Waals surface area contributed by atoms with Gasteiger partial charge < -0.3 is 16.0 Å². The van der Waals surface area contributed by atoms with Crippen molar-refractivity contribution in [1.29, 1.82) is 0 Å². The van der Waals surface area contributed by atoms with Crippen molar-refractivity contribution in [2.24, 2.45) is 11.7 Å². The molecule has 27 heavy (non-hydrogen) atoms. The summed E-state index contributed by atoms with van der Waals surface area (Å²) in [4.78, 5) is 33.9. The van der Waals surface area contributed by atoms with E-state index in [0.717, 1.165) is 50.0 Å². The van der Waals surface area contributed by atoms with E-state index in [1.54, 1.807) is 24.5 Å². The van der Waals surface area contributed by atoms with Gasteiger partial charge in [-0.25, -0.2) is 9.97 Å². The summed E-state index contributed by atoms with van der Waals surface area (Å²) in [6, 6.07) is 7.40. The minimum absolute atomic E-state index is 0.0399. The molecule has 1 aromatic carbocycles. The molecule has 1 unspecified atom stereocenters. The second-order valence-corrected chi connectivity index (χ2v) is 6.86. The molecule has 0 saturated carbocycles. The predicted molar refractivity (Wildman–Crippen MR) is 103 cm³/mol. The van der Waals surface area contributed by atoms with Crippen LogP contribution in [0.25, 0.3) is 11.1 Å². The average Bonchev–Trinajstić information content (AvgIpc) is 2.72. The summed E-state index contributed by atoms with van der Waals surface area (Å²) in [5, 5.41) is 2.95. The number of piperidine rings is 1. The maximum absolute atomic E-state index is 12.3. The standard InChI is InChI=1S/C20H25N5O2/c21-19(26)17-3-1-9-25(13-17)10-2-8-24-20(27)16-6-4-15(5-7-16)18-11-22-14-23-12-18/h4-7,11-12,14,17H,1-3,8-10,13H2,(H2,21,26)(H,24,27). The molecule has 0 spiro atoms. The van der Waals surface area contributed by atoms with Crippen LogP contribution in [0.3, 0.4) is 0 Å². The smallest absolute Gasteiger partial charge is 0.251 e. The number of nitrogens with two attached hydrogens (primary N) is 1. The zero-order valence-corrected chi connectivity index (χ0v) is 15.3. The second-order valence-electron chi connectivity index (χ2n) is 6.86. The van der Waals surface area contributed by atoms with E-state index < -0.39 is 0 Å². The molecule has 0 bridgehead atoms. The average molecular weight is 367 g/mol. The van der Waals surface area contributed by atoms with Crippen molar-refractivity contribution >= 4 is 11.8 Å².